The lowest BCUT2D eigenvalue weighted by atomic mass is 10.2. The van der Waals surface area contributed by atoms with Gasteiger partial charge in [0.25, 0.3) is 0 Å². The van der Waals surface area contributed by atoms with Gasteiger partial charge in [-0.25, -0.2) is 4.98 Å². The lowest BCUT2D eigenvalue weighted by Crippen LogP contribution is -2.05. The molecule has 1 atom stereocenters. The smallest absolute Gasteiger partial charge is 0.137 e. The molecule has 0 bridgehead atoms. The molecule has 1 rings (SSSR count). The standard InChI is InChI=1S/C11H17ClN2O/c1-9(12)4-3-7-13-11-6-5-10(15-2)8-14-11/h5-6,8-9H,3-4,7H2,1-2H3,(H,13,14). The van der Waals surface area contributed by atoms with Gasteiger partial charge in [0.1, 0.15) is 11.6 Å². The maximum absolute atomic E-state index is 5.84. The van der Waals surface area contributed by atoms with Gasteiger partial charge >= 0.3 is 0 Å². The third kappa shape index (κ3) is 4.88. The number of anilines is 1. The van der Waals surface area contributed by atoms with Crippen LogP contribution in [0.2, 0.25) is 0 Å². The molecule has 0 fully saturated rings. The van der Waals surface area contributed by atoms with Gasteiger partial charge in [-0.2, -0.15) is 0 Å². The van der Waals surface area contributed by atoms with Crippen LogP contribution < -0.4 is 10.1 Å². The highest BCUT2D eigenvalue weighted by Gasteiger charge is 1.97. The SMILES string of the molecule is COc1ccc(NCCCC(C)Cl)nc1. The molecule has 1 aromatic heterocycles. The van der Waals surface area contributed by atoms with E-state index in [9.17, 15) is 0 Å². The summed E-state index contributed by atoms with van der Waals surface area (Å²) >= 11 is 5.84. The van der Waals surface area contributed by atoms with Gasteiger partial charge in [0, 0.05) is 11.9 Å². The molecule has 1 aromatic rings. The summed E-state index contributed by atoms with van der Waals surface area (Å²) in [4.78, 5) is 4.20. The van der Waals surface area contributed by atoms with Crippen LogP contribution in [-0.2, 0) is 0 Å². The molecule has 0 aliphatic carbocycles. The Bertz CT molecular complexity index is 274. The average molecular weight is 229 g/mol. The van der Waals surface area contributed by atoms with Crippen molar-refractivity contribution in [1.82, 2.24) is 4.98 Å². The number of ether oxygens (including phenoxy) is 1. The van der Waals surface area contributed by atoms with Crippen molar-refractivity contribution < 1.29 is 4.74 Å². The first-order valence-electron chi connectivity index (χ1n) is 5.10. The highest BCUT2D eigenvalue weighted by atomic mass is 35.5. The van der Waals surface area contributed by atoms with E-state index >= 15 is 0 Å². The maximum Gasteiger partial charge on any atom is 0.137 e. The monoisotopic (exact) mass is 228 g/mol. The van der Waals surface area contributed by atoms with Gasteiger partial charge in [0.2, 0.25) is 0 Å². The molecular formula is C11H17ClN2O. The molecule has 0 saturated heterocycles. The number of pyridine rings is 1. The third-order valence-electron chi connectivity index (χ3n) is 2.06. The minimum Gasteiger partial charge on any atom is -0.495 e. The van der Waals surface area contributed by atoms with Crippen molar-refractivity contribution in [2.45, 2.75) is 25.1 Å². The molecule has 4 heteroatoms. The zero-order valence-electron chi connectivity index (χ0n) is 9.16. The van der Waals surface area contributed by atoms with Crippen LogP contribution >= 0.6 is 11.6 Å². The summed E-state index contributed by atoms with van der Waals surface area (Å²) in [7, 11) is 1.63. The van der Waals surface area contributed by atoms with E-state index < -0.39 is 0 Å². The minimum atomic E-state index is 0.246. The molecule has 0 radical (unpaired) electrons. The molecule has 84 valence electrons. The van der Waals surface area contributed by atoms with Crippen LogP contribution in [0.5, 0.6) is 5.75 Å². The fraction of sp³-hybridized carbons (Fsp3) is 0.545. The number of halogens is 1. The largest absolute Gasteiger partial charge is 0.495 e. The predicted octanol–water partition coefficient (Wildman–Crippen LogP) is 2.91. The molecule has 0 aliphatic heterocycles. The minimum absolute atomic E-state index is 0.246. The molecule has 1 N–H and O–H groups in total. The highest BCUT2D eigenvalue weighted by molar-refractivity contribution is 6.20. The summed E-state index contributed by atoms with van der Waals surface area (Å²) in [5.74, 6) is 1.65. The van der Waals surface area contributed by atoms with Crippen molar-refractivity contribution in [1.29, 1.82) is 0 Å². The number of methoxy groups -OCH3 is 1. The zero-order chi connectivity index (χ0) is 11.1. The Labute approximate surface area is 95.8 Å². The van der Waals surface area contributed by atoms with E-state index in [0.29, 0.717) is 0 Å². The molecule has 1 unspecified atom stereocenters. The Kier molecular flexibility index (Phi) is 5.26. The number of aromatic nitrogens is 1. The van der Waals surface area contributed by atoms with Crippen molar-refractivity contribution in [3.05, 3.63) is 18.3 Å². The second-order valence-electron chi connectivity index (χ2n) is 3.43. The fourth-order valence-electron chi connectivity index (χ4n) is 1.21. The summed E-state index contributed by atoms with van der Waals surface area (Å²) in [6, 6.07) is 3.79. The van der Waals surface area contributed by atoms with Crippen LogP contribution in [0.3, 0.4) is 0 Å². The molecule has 0 spiro atoms. The van der Waals surface area contributed by atoms with Crippen LogP contribution in [0.15, 0.2) is 18.3 Å². The van der Waals surface area contributed by atoms with Crippen LogP contribution in [0.25, 0.3) is 0 Å². The Morgan fingerprint density at radius 2 is 2.33 bits per heavy atom. The molecular weight excluding hydrogens is 212 g/mol. The van der Waals surface area contributed by atoms with Gasteiger partial charge in [-0.05, 0) is 31.9 Å². The molecule has 0 saturated carbocycles. The van der Waals surface area contributed by atoms with Crippen molar-refractivity contribution in [3.63, 3.8) is 0 Å². The number of nitrogens with zero attached hydrogens (tertiary/aromatic N) is 1. The summed E-state index contributed by atoms with van der Waals surface area (Å²) in [6.07, 6.45) is 3.77. The second-order valence-corrected chi connectivity index (χ2v) is 4.18. The Balaban J connectivity index is 2.25. The first-order chi connectivity index (χ1) is 7.22. The van der Waals surface area contributed by atoms with E-state index in [2.05, 4.69) is 10.3 Å². The summed E-state index contributed by atoms with van der Waals surface area (Å²) in [6.45, 7) is 2.91. The Morgan fingerprint density at radius 1 is 1.53 bits per heavy atom. The summed E-state index contributed by atoms with van der Waals surface area (Å²) < 4.78 is 5.02. The van der Waals surface area contributed by atoms with Gasteiger partial charge in [-0.15, -0.1) is 11.6 Å². The van der Waals surface area contributed by atoms with Crippen molar-refractivity contribution in [2.24, 2.45) is 0 Å². The topological polar surface area (TPSA) is 34.1 Å². The van der Waals surface area contributed by atoms with Crippen molar-refractivity contribution in [3.8, 4) is 5.75 Å². The lowest BCUT2D eigenvalue weighted by molar-refractivity contribution is 0.413. The molecule has 3 nitrogen and oxygen atoms in total. The predicted molar refractivity (Wildman–Crippen MR) is 63.8 cm³/mol. The van der Waals surface area contributed by atoms with E-state index in [-0.39, 0.29) is 5.38 Å². The first kappa shape index (κ1) is 12.1. The summed E-state index contributed by atoms with van der Waals surface area (Å²) in [5.41, 5.74) is 0. The summed E-state index contributed by atoms with van der Waals surface area (Å²) in [5, 5.41) is 3.47. The Hall–Kier alpha value is -0.960. The molecule has 0 aliphatic rings. The number of hydrogen-bond acceptors (Lipinski definition) is 3. The van der Waals surface area contributed by atoms with Gasteiger partial charge in [0.15, 0.2) is 0 Å². The van der Waals surface area contributed by atoms with E-state index in [0.717, 1.165) is 31.0 Å². The van der Waals surface area contributed by atoms with Crippen LogP contribution in [0.1, 0.15) is 19.8 Å². The zero-order valence-corrected chi connectivity index (χ0v) is 9.92. The normalized spacial score (nSPS) is 12.2. The maximum atomic E-state index is 5.84. The highest BCUT2D eigenvalue weighted by Crippen LogP contribution is 2.11. The van der Waals surface area contributed by atoms with Crippen LogP contribution in [0.4, 0.5) is 5.82 Å². The average Bonchev–Trinajstić information content (AvgIpc) is 2.25. The number of rotatable bonds is 6. The number of alkyl halides is 1. The number of nitrogens with one attached hydrogen (secondary N) is 1. The number of hydrogen-bond donors (Lipinski definition) is 1. The van der Waals surface area contributed by atoms with Gasteiger partial charge in [-0.3, -0.25) is 0 Å². The molecule has 1 heterocycles. The fourth-order valence-corrected chi connectivity index (χ4v) is 1.36. The first-order valence-corrected chi connectivity index (χ1v) is 5.54. The van der Waals surface area contributed by atoms with Crippen molar-refractivity contribution in [2.75, 3.05) is 19.0 Å². The van der Waals surface area contributed by atoms with Crippen molar-refractivity contribution >= 4 is 17.4 Å². The Morgan fingerprint density at radius 3 is 2.87 bits per heavy atom. The molecule has 0 amide bonds. The lowest BCUT2D eigenvalue weighted by Gasteiger charge is -2.06. The van der Waals surface area contributed by atoms with E-state index in [1.807, 2.05) is 19.1 Å². The second kappa shape index (κ2) is 6.51. The van der Waals surface area contributed by atoms with Gasteiger partial charge in [-0.1, -0.05) is 0 Å². The van der Waals surface area contributed by atoms with Gasteiger partial charge in [0.05, 0.1) is 13.3 Å². The van der Waals surface area contributed by atoms with E-state index in [4.69, 9.17) is 16.3 Å². The van der Waals surface area contributed by atoms with E-state index in [1.54, 1.807) is 13.3 Å². The molecule has 0 aromatic carbocycles. The van der Waals surface area contributed by atoms with Crippen LogP contribution in [-0.4, -0.2) is 24.0 Å². The van der Waals surface area contributed by atoms with Crippen LogP contribution in [0, 0.1) is 0 Å². The van der Waals surface area contributed by atoms with Gasteiger partial charge < -0.3 is 10.1 Å². The van der Waals surface area contributed by atoms with E-state index in [1.165, 1.54) is 0 Å². The quantitative estimate of drug-likeness (QED) is 0.601. The molecule has 15 heavy (non-hydrogen) atoms. The third-order valence-corrected chi connectivity index (χ3v) is 2.28.